The summed E-state index contributed by atoms with van der Waals surface area (Å²) in [6, 6.07) is 2.32. The van der Waals surface area contributed by atoms with Crippen molar-refractivity contribution in [3.05, 3.63) is 23.0 Å². The Morgan fingerprint density at radius 1 is 1.16 bits per heavy atom. The second kappa shape index (κ2) is 8.39. The first-order valence-electron chi connectivity index (χ1n) is 7.72. The minimum atomic E-state index is 0.998. The SMILES string of the molecule is CCN(CC)CCCNCc1cc(C)n(CC)c1C. The van der Waals surface area contributed by atoms with Crippen LogP contribution in [-0.2, 0) is 13.1 Å². The van der Waals surface area contributed by atoms with Crippen LogP contribution in [0, 0.1) is 13.8 Å². The van der Waals surface area contributed by atoms with Crippen LogP contribution in [0.1, 0.15) is 44.1 Å². The molecule has 0 bridgehead atoms. The lowest BCUT2D eigenvalue weighted by atomic mass is 10.2. The first-order valence-corrected chi connectivity index (χ1v) is 7.72. The summed E-state index contributed by atoms with van der Waals surface area (Å²) in [7, 11) is 0. The largest absolute Gasteiger partial charge is 0.349 e. The van der Waals surface area contributed by atoms with E-state index in [1.54, 1.807) is 0 Å². The Labute approximate surface area is 119 Å². The molecular weight excluding hydrogens is 234 g/mol. The Hall–Kier alpha value is -0.800. The minimum absolute atomic E-state index is 0.998. The van der Waals surface area contributed by atoms with Crippen LogP contribution in [0.5, 0.6) is 0 Å². The van der Waals surface area contributed by atoms with Crippen molar-refractivity contribution in [2.24, 2.45) is 0 Å². The van der Waals surface area contributed by atoms with Crippen LogP contribution in [0.15, 0.2) is 6.07 Å². The third-order valence-corrected chi connectivity index (χ3v) is 4.03. The van der Waals surface area contributed by atoms with Gasteiger partial charge in [-0.3, -0.25) is 0 Å². The van der Waals surface area contributed by atoms with Gasteiger partial charge in [0.1, 0.15) is 0 Å². The fraction of sp³-hybridized carbons (Fsp3) is 0.750. The fourth-order valence-electron chi connectivity index (χ4n) is 2.73. The monoisotopic (exact) mass is 265 g/mol. The van der Waals surface area contributed by atoms with E-state index in [1.165, 1.54) is 29.9 Å². The number of hydrogen-bond acceptors (Lipinski definition) is 2. The lowest BCUT2D eigenvalue weighted by Gasteiger charge is -2.17. The first-order chi connectivity index (χ1) is 9.13. The van der Waals surface area contributed by atoms with Crippen molar-refractivity contribution in [3.8, 4) is 0 Å². The molecule has 1 aromatic heterocycles. The molecule has 0 saturated carbocycles. The molecule has 0 saturated heterocycles. The van der Waals surface area contributed by atoms with Crippen LogP contribution in [0.3, 0.4) is 0 Å². The van der Waals surface area contributed by atoms with Crippen molar-refractivity contribution in [2.75, 3.05) is 26.2 Å². The molecule has 0 spiro atoms. The second-order valence-corrected chi connectivity index (χ2v) is 5.20. The van der Waals surface area contributed by atoms with Gasteiger partial charge >= 0.3 is 0 Å². The number of nitrogens with one attached hydrogen (secondary N) is 1. The van der Waals surface area contributed by atoms with Crippen LogP contribution in [-0.4, -0.2) is 35.6 Å². The molecule has 1 heterocycles. The quantitative estimate of drug-likeness (QED) is 0.693. The molecule has 3 heteroatoms. The molecule has 3 nitrogen and oxygen atoms in total. The summed E-state index contributed by atoms with van der Waals surface area (Å²) in [5.41, 5.74) is 4.23. The van der Waals surface area contributed by atoms with Gasteiger partial charge in [-0.1, -0.05) is 13.8 Å². The number of aryl methyl sites for hydroxylation is 1. The Kier molecular flexibility index (Phi) is 7.17. The van der Waals surface area contributed by atoms with E-state index in [0.717, 1.165) is 32.7 Å². The molecule has 0 aromatic carbocycles. The molecule has 1 rings (SSSR count). The van der Waals surface area contributed by atoms with Gasteiger partial charge in [0.05, 0.1) is 0 Å². The van der Waals surface area contributed by atoms with Crippen molar-refractivity contribution in [2.45, 2.75) is 54.1 Å². The van der Waals surface area contributed by atoms with E-state index < -0.39 is 0 Å². The van der Waals surface area contributed by atoms with Gasteiger partial charge in [0.25, 0.3) is 0 Å². The van der Waals surface area contributed by atoms with E-state index in [2.05, 4.69) is 55.5 Å². The van der Waals surface area contributed by atoms with Crippen LogP contribution < -0.4 is 5.32 Å². The smallest absolute Gasteiger partial charge is 0.0223 e. The molecule has 19 heavy (non-hydrogen) atoms. The average molecular weight is 265 g/mol. The molecule has 0 aliphatic heterocycles. The van der Waals surface area contributed by atoms with E-state index in [-0.39, 0.29) is 0 Å². The topological polar surface area (TPSA) is 20.2 Å². The van der Waals surface area contributed by atoms with Crippen molar-refractivity contribution >= 4 is 0 Å². The lowest BCUT2D eigenvalue weighted by molar-refractivity contribution is 0.298. The standard InChI is InChI=1S/C16H31N3/c1-6-18(7-2)11-9-10-17-13-16-12-14(4)19(8-3)15(16)5/h12,17H,6-11,13H2,1-5H3. The normalized spacial score (nSPS) is 11.5. The maximum atomic E-state index is 3.57. The van der Waals surface area contributed by atoms with Crippen molar-refractivity contribution in [3.63, 3.8) is 0 Å². The van der Waals surface area contributed by atoms with Crippen LogP contribution in [0.2, 0.25) is 0 Å². The number of rotatable bonds is 9. The predicted molar refractivity (Wildman–Crippen MR) is 83.7 cm³/mol. The summed E-state index contributed by atoms with van der Waals surface area (Å²) in [4.78, 5) is 2.48. The molecule has 0 aliphatic carbocycles. The van der Waals surface area contributed by atoms with Gasteiger partial charge in [-0.2, -0.15) is 0 Å². The highest BCUT2D eigenvalue weighted by Crippen LogP contribution is 2.14. The molecule has 0 radical (unpaired) electrons. The van der Waals surface area contributed by atoms with E-state index >= 15 is 0 Å². The molecule has 0 unspecified atom stereocenters. The highest BCUT2D eigenvalue weighted by atomic mass is 15.1. The summed E-state index contributed by atoms with van der Waals surface area (Å²) < 4.78 is 2.38. The summed E-state index contributed by atoms with van der Waals surface area (Å²) in [6.07, 6.45) is 1.23. The van der Waals surface area contributed by atoms with Gasteiger partial charge in [-0.15, -0.1) is 0 Å². The number of hydrogen-bond donors (Lipinski definition) is 1. The van der Waals surface area contributed by atoms with Crippen LogP contribution in [0.25, 0.3) is 0 Å². The molecule has 0 atom stereocenters. The third kappa shape index (κ3) is 4.66. The first kappa shape index (κ1) is 16.3. The zero-order valence-corrected chi connectivity index (χ0v) is 13.4. The van der Waals surface area contributed by atoms with Crippen LogP contribution in [0.4, 0.5) is 0 Å². The average Bonchev–Trinajstić information content (AvgIpc) is 2.68. The molecule has 1 N–H and O–H groups in total. The Bertz CT molecular complexity index is 364. The van der Waals surface area contributed by atoms with Crippen LogP contribution >= 0.6 is 0 Å². The summed E-state index contributed by atoms with van der Waals surface area (Å²) in [5.74, 6) is 0. The molecule has 110 valence electrons. The zero-order valence-electron chi connectivity index (χ0n) is 13.4. The number of aromatic nitrogens is 1. The second-order valence-electron chi connectivity index (χ2n) is 5.20. The van der Waals surface area contributed by atoms with Gasteiger partial charge in [0.2, 0.25) is 0 Å². The third-order valence-electron chi connectivity index (χ3n) is 4.03. The van der Waals surface area contributed by atoms with E-state index in [0.29, 0.717) is 0 Å². The Balaban J connectivity index is 2.30. The maximum Gasteiger partial charge on any atom is 0.0223 e. The van der Waals surface area contributed by atoms with E-state index in [9.17, 15) is 0 Å². The number of nitrogens with zero attached hydrogens (tertiary/aromatic N) is 2. The minimum Gasteiger partial charge on any atom is -0.349 e. The lowest BCUT2D eigenvalue weighted by Crippen LogP contribution is -2.27. The van der Waals surface area contributed by atoms with Gasteiger partial charge in [0, 0.05) is 24.5 Å². The predicted octanol–water partition coefficient (Wildman–Crippen LogP) is 2.95. The van der Waals surface area contributed by atoms with E-state index in [1.807, 2.05) is 0 Å². The highest BCUT2D eigenvalue weighted by molar-refractivity contribution is 5.26. The molecular formula is C16H31N3. The Morgan fingerprint density at radius 2 is 1.84 bits per heavy atom. The highest BCUT2D eigenvalue weighted by Gasteiger charge is 2.06. The van der Waals surface area contributed by atoms with Gasteiger partial charge < -0.3 is 14.8 Å². The molecule has 0 amide bonds. The maximum absolute atomic E-state index is 3.57. The van der Waals surface area contributed by atoms with Crippen molar-refractivity contribution in [1.82, 2.24) is 14.8 Å². The van der Waals surface area contributed by atoms with Gasteiger partial charge in [-0.25, -0.2) is 0 Å². The van der Waals surface area contributed by atoms with Gasteiger partial charge in [0.15, 0.2) is 0 Å². The molecule has 1 aromatic rings. The molecule has 0 fully saturated rings. The van der Waals surface area contributed by atoms with Gasteiger partial charge in [-0.05, 0) is 65.0 Å². The summed E-state index contributed by atoms with van der Waals surface area (Å²) >= 11 is 0. The summed E-state index contributed by atoms with van der Waals surface area (Å²) in [6.45, 7) is 17.8. The van der Waals surface area contributed by atoms with E-state index in [4.69, 9.17) is 0 Å². The molecule has 0 aliphatic rings. The zero-order chi connectivity index (χ0) is 14.3. The summed E-state index contributed by atoms with van der Waals surface area (Å²) in [5, 5.41) is 3.57. The van der Waals surface area contributed by atoms with Crippen molar-refractivity contribution in [1.29, 1.82) is 0 Å². The Morgan fingerprint density at radius 3 is 2.37 bits per heavy atom. The van der Waals surface area contributed by atoms with Crippen molar-refractivity contribution < 1.29 is 0 Å². The fourth-order valence-corrected chi connectivity index (χ4v) is 2.73.